The summed E-state index contributed by atoms with van der Waals surface area (Å²) in [5.74, 6) is -0.508. The van der Waals surface area contributed by atoms with Crippen LogP contribution < -0.4 is 10.6 Å². The van der Waals surface area contributed by atoms with Crippen molar-refractivity contribution >= 4 is 29.2 Å². The summed E-state index contributed by atoms with van der Waals surface area (Å²) >= 11 is 1.25. The molecule has 19 heavy (non-hydrogen) atoms. The summed E-state index contributed by atoms with van der Waals surface area (Å²) < 4.78 is 0. The van der Waals surface area contributed by atoms with Gasteiger partial charge in [-0.2, -0.15) is 0 Å². The Labute approximate surface area is 116 Å². The Morgan fingerprint density at radius 3 is 2.68 bits per heavy atom. The van der Waals surface area contributed by atoms with Crippen LogP contribution in [0.3, 0.4) is 0 Å². The molecule has 0 radical (unpaired) electrons. The lowest BCUT2D eigenvalue weighted by atomic mass is 10.1. The zero-order valence-corrected chi connectivity index (χ0v) is 11.7. The molecule has 0 fully saturated rings. The molecule has 0 unspecified atom stereocenters. The molecule has 1 amide bonds. The average Bonchev–Trinajstić information content (AvgIpc) is 2.34. The number of rotatable bonds is 6. The topological polar surface area (TPSA) is 75.3 Å². The number of Topliss-reactive ketones (excluding diaryl/α,β-unsaturated/α-hetero) is 1. The summed E-state index contributed by atoms with van der Waals surface area (Å²) in [6.45, 7) is 7.21. The van der Waals surface area contributed by atoms with E-state index in [9.17, 15) is 14.4 Å². The Bertz CT molecular complexity index is 492. The van der Waals surface area contributed by atoms with Crippen LogP contribution in [0.4, 0.5) is 0 Å². The number of carbonyl (C=O) groups is 3. The Balaban J connectivity index is 3.08. The van der Waals surface area contributed by atoms with Gasteiger partial charge in [0.15, 0.2) is 5.78 Å². The molecule has 0 heterocycles. The minimum absolute atomic E-state index is 0.0106. The van der Waals surface area contributed by atoms with E-state index in [2.05, 4.69) is 17.2 Å². The Morgan fingerprint density at radius 2 is 2.16 bits per heavy atom. The van der Waals surface area contributed by atoms with Crippen molar-refractivity contribution in [2.24, 2.45) is 0 Å². The Hall–Kier alpha value is -1.82. The van der Waals surface area contributed by atoms with Crippen LogP contribution in [0.1, 0.15) is 13.8 Å². The van der Waals surface area contributed by atoms with Crippen LogP contribution in [0.5, 0.6) is 0 Å². The van der Waals surface area contributed by atoms with Gasteiger partial charge in [-0.15, -0.1) is 18.3 Å². The molecule has 0 atom stereocenters. The third-order valence-electron chi connectivity index (χ3n) is 2.21. The quantitative estimate of drug-likeness (QED) is 0.558. The molecule has 6 heteroatoms. The molecule has 0 saturated carbocycles. The number of nitrogens with one attached hydrogen (secondary N) is 2. The monoisotopic (exact) mass is 280 g/mol. The average molecular weight is 280 g/mol. The SMILES string of the molecule is C=CCSC1=C(NCC)C(=O)C(NC(C)=O)=CC1=O. The van der Waals surface area contributed by atoms with Gasteiger partial charge in [0.05, 0.1) is 10.6 Å². The van der Waals surface area contributed by atoms with E-state index in [1.807, 2.05) is 6.92 Å². The van der Waals surface area contributed by atoms with Crippen molar-refractivity contribution in [1.82, 2.24) is 10.6 Å². The first-order valence-electron chi connectivity index (χ1n) is 5.81. The Morgan fingerprint density at radius 1 is 1.47 bits per heavy atom. The van der Waals surface area contributed by atoms with Crippen molar-refractivity contribution in [2.45, 2.75) is 13.8 Å². The summed E-state index contributed by atoms with van der Waals surface area (Å²) in [6.07, 6.45) is 2.82. The third kappa shape index (κ3) is 3.82. The molecule has 0 spiro atoms. The molecular weight excluding hydrogens is 264 g/mol. The predicted octanol–water partition coefficient (Wildman–Crippen LogP) is 0.898. The highest BCUT2D eigenvalue weighted by Crippen LogP contribution is 2.26. The summed E-state index contributed by atoms with van der Waals surface area (Å²) in [5.41, 5.74) is 0.252. The van der Waals surface area contributed by atoms with E-state index in [4.69, 9.17) is 0 Å². The fraction of sp³-hybridized carbons (Fsp3) is 0.308. The van der Waals surface area contributed by atoms with E-state index in [0.29, 0.717) is 17.2 Å². The number of amides is 1. The van der Waals surface area contributed by atoms with Crippen molar-refractivity contribution in [2.75, 3.05) is 12.3 Å². The number of hydrogen-bond donors (Lipinski definition) is 2. The van der Waals surface area contributed by atoms with Gasteiger partial charge in [0.2, 0.25) is 11.7 Å². The molecule has 2 N–H and O–H groups in total. The highest BCUT2D eigenvalue weighted by Gasteiger charge is 2.28. The molecule has 0 aromatic carbocycles. The maximum Gasteiger partial charge on any atom is 0.226 e. The number of carbonyl (C=O) groups excluding carboxylic acids is 3. The summed E-state index contributed by atoms with van der Waals surface area (Å²) in [6, 6.07) is 0. The van der Waals surface area contributed by atoms with Crippen molar-refractivity contribution < 1.29 is 14.4 Å². The fourth-order valence-corrected chi connectivity index (χ4v) is 2.32. The van der Waals surface area contributed by atoms with E-state index in [-0.39, 0.29) is 28.9 Å². The lowest BCUT2D eigenvalue weighted by Crippen LogP contribution is -2.35. The minimum Gasteiger partial charge on any atom is -0.381 e. The maximum atomic E-state index is 12.2. The smallest absolute Gasteiger partial charge is 0.226 e. The molecule has 1 rings (SSSR count). The van der Waals surface area contributed by atoms with Gasteiger partial charge in [-0.3, -0.25) is 14.4 Å². The van der Waals surface area contributed by atoms with Crippen LogP contribution in [0.15, 0.2) is 35.0 Å². The van der Waals surface area contributed by atoms with Crippen LogP contribution >= 0.6 is 11.8 Å². The highest BCUT2D eigenvalue weighted by atomic mass is 32.2. The number of thioether (sulfide) groups is 1. The molecule has 102 valence electrons. The van der Waals surface area contributed by atoms with E-state index >= 15 is 0 Å². The molecule has 1 aliphatic rings. The zero-order valence-electron chi connectivity index (χ0n) is 10.9. The summed E-state index contributed by atoms with van der Waals surface area (Å²) in [4.78, 5) is 35.5. The lowest BCUT2D eigenvalue weighted by molar-refractivity contribution is -0.121. The molecular formula is C13H16N2O3S. The lowest BCUT2D eigenvalue weighted by Gasteiger charge is -2.19. The second-order valence-corrected chi connectivity index (χ2v) is 4.80. The number of allylic oxidation sites excluding steroid dienone is 2. The minimum atomic E-state index is -0.384. The molecule has 0 saturated heterocycles. The first kappa shape index (κ1) is 15.2. The number of ketones is 2. The number of likely N-dealkylation sites (N-methyl/N-ethyl adjacent to an activating group) is 1. The van der Waals surface area contributed by atoms with E-state index in [0.717, 1.165) is 6.08 Å². The normalized spacial score (nSPS) is 15.2. The number of hydrogen-bond acceptors (Lipinski definition) is 5. The van der Waals surface area contributed by atoms with Crippen molar-refractivity contribution in [3.05, 3.63) is 35.0 Å². The third-order valence-corrected chi connectivity index (χ3v) is 3.30. The highest BCUT2D eigenvalue weighted by molar-refractivity contribution is 8.04. The molecule has 0 aliphatic heterocycles. The van der Waals surface area contributed by atoms with Crippen LogP contribution in [-0.4, -0.2) is 29.8 Å². The molecule has 5 nitrogen and oxygen atoms in total. The van der Waals surface area contributed by atoms with Crippen LogP contribution in [0.25, 0.3) is 0 Å². The van der Waals surface area contributed by atoms with Gasteiger partial charge in [-0.25, -0.2) is 0 Å². The van der Waals surface area contributed by atoms with Crippen molar-refractivity contribution in [3.63, 3.8) is 0 Å². The Kier molecular flexibility index (Phi) is 5.57. The van der Waals surface area contributed by atoms with E-state index in [1.54, 1.807) is 6.08 Å². The van der Waals surface area contributed by atoms with Gasteiger partial charge < -0.3 is 10.6 Å². The van der Waals surface area contributed by atoms with Gasteiger partial charge in [0.1, 0.15) is 5.70 Å². The van der Waals surface area contributed by atoms with Gasteiger partial charge in [-0.1, -0.05) is 6.08 Å². The zero-order chi connectivity index (χ0) is 14.4. The maximum absolute atomic E-state index is 12.2. The predicted molar refractivity (Wildman–Crippen MR) is 75.3 cm³/mol. The van der Waals surface area contributed by atoms with E-state index < -0.39 is 0 Å². The van der Waals surface area contributed by atoms with Crippen LogP contribution in [0.2, 0.25) is 0 Å². The second-order valence-electron chi connectivity index (χ2n) is 3.77. The van der Waals surface area contributed by atoms with Gasteiger partial charge >= 0.3 is 0 Å². The first-order chi connectivity index (χ1) is 9.01. The summed E-state index contributed by atoms with van der Waals surface area (Å²) in [5, 5.41) is 5.26. The molecule has 0 aromatic heterocycles. The molecule has 1 aliphatic carbocycles. The molecule has 0 bridgehead atoms. The fourth-order valence-electron chi connectivity index (χ4n) is 1.53. The second kappa shape index (κ2) is 6.94. The van der Waals surface area contributed by atoms with Crippen molar-refractivity contribution in [3.8, 4) is 0 Å². The standard InChI is InChI=1S/C13H16N2O3S/c1-4-6-19-13-10(17)7-9(15-8(3)16)12(18)11(13)14-5-2/h4,7,14H,1,5-6H2,2-3H3,(H,15,16). The summed E-state index contributed by atoms with van der Waals surface area (Å²) in [7, 11) is 0. The van der Waals surface area contributed by atoms with Crippen LogP contribution in [-0.2, 0) is 14.4 Å². The first-order valence-corrected chi connectivity index (χ1v) is 6.80. The largest absolute Gasteiger partial charge is 0.381 e. The van der Waals surface area contributed by atoms with Crippen molar-refractivity contribution in [1.29, 1.82) is 0 Å². The van der Waals surface area contributed by atoms with Gasteiger partial charge in [0.25, 0.3) is 0 Å². The van der Waals surface area contributed by atoms with Gasteiger partial charge in [-0.05, 0) is 6.92 Å². The molecule has 0 aromatic rings. The van der Waals surface area contributed by atoms with Gasteiger partial charge in [0, 0.05) is 25.3 Å². The van der Waals surface area contributed by atoms with E-state index in [1.165, 1.54) is 18.7 Å². The van der Waals surface area contributed by atoms with Crippen LogP contribution in [0, 0.1) is 0 Å².